The van der Waals surface area contributed by atoms with E-state index in [1.54, 1.807) is 0 Å². The van der Waals surface area contributed by atoms with Gasteiger partial charge in [0, 0.05) is 49.5 Å². The van der Waals surface area contributed by atoms with Gasteiger partial charge in [-0.1, -0.05) is 224 Å². The third kappa shape index (κ3) is 7.43. The molecule has 0 radical (unpaired) electrons. The number of hydrogen-bond acceptors (Lipinski definition) is 4. The molecule has 5 heteroatoms. The molecule has 0 atom stereocenters. The molecular weight excluding hydrogens is 973 g/mol. The Balaban J connectivity index is 0.917. The van der Waals surface area contributed by atoms with Gasteiger partial charge < -0.3 is 8.98 Å². The summed E-state index contributed by atoms with van der Waals surface area (Å²) in [5.74, 6) is 1.81. The van der Waals surface area contributed by atoms with Gasteiger partial charge >= 0.3 is 0 Å². The van der Waals surface area contributed by atoms with Crippen molar-refractivity contribution in [2.45, 2.75) is 0 Å². The average Bonchev–Trinajstić information content (AvgIpc) is 4.29. The zero-order chi connectivity index (χ0) is 52.7. The van der Waals surface area contributed by atoms with Gasteiger partial charge in [-0.05, 0) is 127 Å². The highest BCUT2D eigenvalue weighted by Crippen LogP contribution is 2.53. The highest BCUT2D eigenvalue weighted by molar-refractivity contribution is 6.20. The standard InChI is InChI=1S/C75H46N4O/c1-6-19-47(20-7-1)51-33-37-57-56-29-16-17-30-59(56)71-60(58-38-34-52(44-64(58)63(57)43-51)48-21-8-2-9-22-48)39-40-61-65-45-53(35-41-67(65)79(72(61)71)55-27-14-5-15-28-55)54-36-42-68-66(46-54)70-62(31-18-32-69(70)80-68)75-77-73(49-23-10-3-11-24-49)76-74(78-75)50-25-12-4-13-26-50/h1-46H. The Bertz CT molecular complexity index is 4850. The van der Waals surface area contributed by atoms with Gasteiger partial charge in [0.2, 0.25) is 0 Å². The molecule has 80 heavy (non-hydrogen) atoms. The van der Waals surface area contributed by atoms with E-state index < -0.39 is 0 Å². The summed E-state index contributed by atoms with van der Waals surface area (Å²) in [5.41, 5.74) is 24.2. The van der Waals surface area contributed by atoms with Gasteiger partial charge in [0.25, 0.3) is 0 Å². The first-order chi connectivity index (χ1) is 39.7. The monoisotopic (exact) mass is 1020 g/mol. The molecule has 0 bridgehead atoms. The third-order valence-corrected chi connectivity index (χ3v) is 16.0. The van der Waals surface area contributed by atoms with Crippen LogP contribution in [0.15, 0.2) is 283 Å². The van der Waals surface area contributed by atoms with Crippen LogP contribution in [-0.4, -0.2) is 19.5 Å². The Hall–Kier alpha value is -10.8. The second kappa shape index (κ2) is 18.5. The highest BCUT2D eigenvalue weighted by Gasteiger charge is 2.28. The molecule has 0 spiro atoms. The molecule has 16 rings (SSSR count). The smallest absolute Gasteiger partial charge is 0.164 e. The van der Waals surface area contributed by atoms with E-state index in [1.165, 1.54) is 83.1 Å². The van der Waals surface area contributed by atoms with Crippen LogP contribution >= 0.6 is 0 Å². The number of para-hydroxylation sites is 1. The summed E-state index contributed by atoms with van der Waals surface area (Å²) in [6.45, 7) is 0. The lowest BCUT2D eigenvalue weighted by molar-refractivity contribution is 0.669. The minimum Gasteiger partial charge on any atom is -0.456 e. The molecular formula is C75H46N4O. The lowest BCUT2D eigenvalue weighted by Gasteiger charge is -2.25. The Morgan fingerprint density at radius 3 is 1.35 bits per heavy atom. The first-order valence-electron chi connectivity index (χ1n) is 27.2. The molecule has 0 amide bonds. The first kappa shape index (κ1) is 45.4. The van der Waals surface area contributed by atoms with Crippen molar-refractivity contribution in [3.8, 4) is 118 Å². The Morgan fingerprint density at radius 1 is 0.263 bits per heavy atom. The molecule has 1 aliphatic rings. The SMILES string of the molecule is c1ccc(-c2ccc3c(c2)-c2cc(-c4ccccc4)ccc2-c2ccc4c5cc(-c6ccc7oc8cccc(-c9nc(-c%10ccccc%10)nc(-c%10ccccc%10)n9)c8c7c6)ccc5n(-c5ccccc5)c4c2-c2ccccc2-3)cc1. The molecule has 12 aromatic carbocycles. The second-order valence-corrected chi connectivity index (χ2v) is 20.6. The second-order valence-electron chi connectivity index (χ2n) is 20.6. The molecule has 5 nitrogen and oxygen atoms in total. The molecule has 0 N–H and O–H groups in total. The number of hydrogen-bond donors (Lipinski definition) is 0. The summed E-state index contributed by atoms with van der Waals surface area (Å²) in [6, 6.07) is 100. The molecule has 3 aromatic heterocycles. The number of rotatable bonds is 7. The van der Waals surface area contributed by atoms with Crippen LogP contribution in [0.3, 0.4) is 0 Å². The molecule has 0 aliphatic heterocycles. The van der Waals surface area contributed by atoms with Crippen molar-refractivity contribution in [3.63, 3.8) is 0 Å². The van der Waals surface area contributed by atoms with Crippen molar-refractivity contribution in [1.29, 1.82) is 0 Å². The predicted molar refractivity (Wildman–Crippen MR) is 329 cm³/mol. The number of fused-ring (bicyclic) bond motifs is 15. The number of nitrogens with zero attached hydrogens (tertiary/aromatic N) is 4. The van der Waals surface area contributed by atoms with Gasteiger partial charge in [-0.3, -0.25) is 0 Å². The fraction of sp³-hybridized carbons (Fsp3) is 0. The first-order valence-corrected chi connectivity index (χ1v) is 27.2. The maximum atomic E-state index is 6.64. The van der Waals surface area contributed by atoms with Crippen molar-refractivity contribution in [2.24, 2.45) is 0 Å². The summed E-state index contributed by atoms with van der Waals surface area (Å²) in [4.78, 5) is 15.3. The summed E-state index contributed by atoms with van der Waals surface area (Å²) >= 11 is 0. The van der Waals surface area contributed by atoms with Crippen LogP contribution in [0.4, 0.5) is 0 Å². The molecule has 15 aromatic rings. The van der Waals surface area contributed by atoms with Crippen LogP contribution in [0.1, 0.15) is 0 Å². The van der Waals surface area contributed by atoms with Gasteiger partial charge in [0.15, 0.2) is 17.5 Å². The maximum Gasteiger partial charge on any atom is 0.164 e. The van der Waals surface area contributed by atoms with Crippen LogP contribution in [-0.2, 0) is 0 Å². The summed E-state index contributed by atoms with van der Waals surface area (Å²) in [7, 11) is 0. The Labute approximate surface area is 462 Å². The highest BCUT2D eigenvalue weighted by atomic mass is 16.3. The molecule has 1 aliphatic carbocycles. The van der Waals surface area contributed by atoms with Crippen molar-refractivity contribution >= 4 is 43.7 Å². The van der Waals surface area contributed by atoms with Crippen molar-refractivity contribution in [3.05, 3.63) is 279 Å². The van der Waals surface area contributed by atoms with Crippen LogP contribution < -0.4 is 0 Å². The van der Waals surface area contributed by atoms with Crippen LogP contribution in [0.5, 0.6) is 0 Å². The summed E-state index contributed by atoms with van der Waals surface area (Å²) < 4.78 is 9.13. The van der Waals surface area contributed by atoms with E-state index in [2.05, 4.69) is 211 Å². The van der Waals surface area contributed by atoms with Crippen LogP contribution in [0, 0.1) is 0 Å². The molecule has 0 unspecified atom stereocenters. The van der Waals surface area contributed by atoms with Gasteiger partial charge in [-0.2, -0.15) is 0 Å². The fourth-order valence-corrected chi connectivity index (χ4v) is 12.3. The number of aromatic nitrogens is 4. The third-order valence-electron chi connectivity index (χ3n) is 16.0. The van der Waals surface area contributed by atoms with E-state index in [0.29, 0.717) is 17.5 Å². The lowest BCUT2D eigenvalue weighted by Crippen LogP contribution is -2.01. The topological polar surface area (TPSA) is 56.7 Å². The van der Waals surface area contributed by atoms with Crippen LogP contribution in [0.25, 0.3) is 161 Å². The van der Waals surface area contributed by atoms with Crippen molar-refractivity contribution in [1.82, 2.24) is 19.5 Å². The average molecular weight is 1020 g/mol. The molecule has 372 valence electrons. The van der Waals surface area contributed by atoms with Crippen molar-refractivity contribution in [2.75, 3.05) is 0 Å². The van der Waals surface area contributed by atoms with E-state index in [9.17, 15) is 0 Å². The van der Waals surface area contributed by atoms with E-state index in [1.807, 2.05) is 72.8 Å². The van der Waals surface area contributed by atoms with E-state index in [-0.39, 0.29) is 0 Å². The van der Waals surface area contributed by atoms with Crippen LogP contribution in [0.2, 0.25) is 0 Å². The number of furan rings is 1. The van der Waals surface area contributed by atoms with E-state index >= 15 is 0 Å². The Kier molecular flexibility index (Phi) is 10.5. The Morgan fingerprint density at radius 2 is 0.725 bits per heavy atom. The molecule has 0 fully saturated rings. The van der Waals surface area contributed by atoms with Gasteiger partial charge in [-0.25, -0.2) is 15.0 Å². The predicted octanol–water partition coefficient (Wildman–Crippen LogP) is 19.9. The van der Waals surface area contributed by atoms with Gasteiger partial charge in [0.1, 0.15) is 11.2 Å². The minimum atomic E-state index is 0.586. The molecule has 0 saturated heterocycles. The van der Waals surface area contributed by atoms with Crippen molar-refractivity contribution < 1.29 is 4.42 Å². The summed E-state index contributed by atoms with van der Waals surface area (Å²) in [6.07, 6.45) is 0. The summed E-state index contributed by atoms with van der Waals surface area (Å²) in [5, 5.41) is 4.30. The van der Waals surface area contributed by atoms with Gasteiger partial charge in [0.05, 0.1) is 11.0 Å². The van der Waals surface area contributed by atoms with Gasteiger partial charge in [-0.15, -0.1) is 0 Å². The fourth-order valence-electron chi connectivity index (χ4n) is 12.3. The number of benzene rings is 12. The zero-order valence-electron chi connectivity index (χ0n) is 43.3. The quantitative estimate of drug-likeness (QED) is 0.160. The minimum absolute atomic E-state index is 0.586. The normalized spacial score (nSPS) is 11.8. The lowest BCUT2D eigenvalue weighted by atomic mass is 9.78. The molecule has 3 heterocycles. The van der Waals surface area contributed by atoms with E-state index in [4.69, 9.17) is 19.4 Å². The van der Waals surface area contributed by atoms with E-state index in [0.717, 1.165) is 61.0 Å². The molecule has 0 saturated carbocycles. The zero-order valence-corrected chi connectivity index (χ0v) is 43.3. The largest absolute Gasteiger partial charge is 0.456 e. The maximum absolute atomic E-state index is 6.64.